The van der Waals surface area contributed by atoms with Gasteiger partial charge in [-0.2, -0.15) is 0 Å². The van der Waals surface area contributed by atoms with Gasteiger partial charge in [0.2, 0.25) is 0 Å². The monoisotopic (exact) mass is 279 g/mol. The van der Waals surface area contributed by atoms with Crippen molar-refractivity contribution in [1.29, 1.82) is 0 Å². The van der Waals surface area contributed by atoms with Crippen molar-refractivity contribution in [3.63, 3.8) is 0 Å². The first kappa shape index (κ1) is 14.7. The third-order valence-electron chi connectivity index (χ3n) is 3.87. The summed E-state index contributed by atoms with van der Waals surface area (Å²) in [6.45, 7) is 1.33. The van der Waals surface area contributed by atoms with Crippen LogP contribution in [0.2, 0.25) is 0 Å². The standard InChI is InChI=1S/C15H21NO4/c1-19-8-7-15(5-6-15)10-16-14(18)12-9-11(20-2)3-4-13(12)17/h3-4,9,17H,5-8,10H2,1-2H3,(H,16,18). The Hall–Kier alpha value is -1.75. The first-order valence-corrected chi connectivity index (χ1v) is 6.74. The molecule has 1 aliphatic carbocycles. The number of amides is 1. The number of phenolic OH excluding ortho intramolecular Hbond substituents is 1. The van der Waals surface area contributed by atoms with Crippen LogP contribution in [0.1, 0.15) is 29.6 Å². The second kappa shape index (κ2) is 6.13. The number of aromatic hydroxyl groups is 1. The number of methoxy groups -OCH3 is 2. The number of hydrogen-bond donors (Lipinski definition) is 2. The first-order chi connectivity index (χ1) is 9.60. The molecule has 1 amide bonds. The zero-order valence-corrected chi connectivity index (χ0v) is 11.9. The van der Waals surface area contributed by atoms with E-state index in [1.54, 1.807) is 19.2 Å². The summed E-state index contributed by atoms with van der Waals surface area (Å²) in [5, 5.41) is 12.6. The molecule has 0 saturated heterocycles. The molecule has 20 heavy (non-hydrogen) atoms. The average Bonchev–Trinajstić information content (AvgIpc) is 3.24. The van der Waals surface area contributed by atoms with Gasteiger partial charge < -0.3 is 19.9 Å². The summed E-state index contributed by atoms with van der Waals surface area (Å²) in [4.78, 5) is 12.1. The van der Waals surface area contributed by atoms with Crippen molar-refractivity contribution < 1.29 is 19.4 Å². The van der Waals surface area contributed by atoms with Gasteiger partial charge in [0, 0.05) is 20.3 Å². The van der Waals surface area contributed by atoms with Crippen molar-refractivity contribution >= 4 is 5.91 Å². The van der Waals surface area contributed by atoms with Gasteiger partial charge in [0.25, 0.3) is 5.91 Å². The highest BCUT2D eigenvalue weighted by molar-refractivity contribution is 5.97. The van der Waals surface area contributed by atoms with Crippen molar-refractivity contribution in [2.45, 2.75) is 19.3 Å². The fourth-order valence-corrected chi connectivity index (χ4v) is 2.20. The largest absolute Gasteiger partial charge is 0.507 e. The van der Waals surface area contributed by atoms with Crippen LogP contribution in [0, 0.1) is 5.41 Å². The number of hydrogen-bond acceptors (Lipinski definition) is 4. The van der Waals surface area contributed by atoms with Crippen molar-refractivity contribution in [3.05, 3.63) is 23.8 Å². The molecule has 1 aromatic carbocycles. The third-order valence-corrected chi connectivity index (χ3v) is 3.87. The van der Waals surface area contributed by atoms with E-state index in [0.717, 1.165) is 19.3 Å². The van der Waals surface area contributed by atoms with Gasteiger partial charge in [0.05, 0.1) is 12.7 Å². The Bertz CT molecular complexity index is 483. The number of rotatable bonds is 7. The molecule has 0 atom stereocenters. The van der Waals surface area contributed by atoms with Crippen LogP contribution in [0.25, 0.3) is 0 Å². The molecule has 0 heterocycles. The Morgan fingerprint density at radius 2 is 2.15 bits per heavy atom. The molecule has 0 bridgehead atoms. The molecule has 0 unspecified atom stereocenters. The molecule has 5 heteroatoms. The molecule has 0 aliphatic heterocycles. The minimum absolute atomic E-state index is 0.0370. The van der Waals surface area contributed by atoms with E-state index in [4.69, 9.17) is 9.47 Å². The summed E-state index contributed by atoms with van der Waals surface area (Å²) < 4.78 is 10.2. The van der Waals surface area contributed by atoms with Crippen molar-refractivity contribution in [1.82, 2.24) is 5.32 Å². The van der Waals surface area contributed by atoms with Gasteiger partial charge in [-0.1, -0.05) is 0 Å². The highest BCUT2D eigenvalue weighted by atomic mass is 16.5. The molecule has 1 saturated carbocycles. The maximum atomic E-state index is 12.1. The lowest BCUT2D eigenvalue weighted by molar-refractivity contribution is 0.0935. The predicted molar refractivity (Wildman–Crippen MR) is 75.2 cm³/mol. The average molecular weight is 279 g/mol. The molecule has 110 valence electrons. The lowest BCUT2D eigenvalue weighted by Crippen LogP contribution is -2.30. The molecule has 1 aliphatic rings. The van der Waals surface area contributed by atoms with E-state index in [9.17, 15) is 9.90 Å². The Labute approximate surface area is 118 Å². The van der Waals surface area contributed by atoms with Crippen LogP contribution in [-0.4, -0.2) is 38.4 Å². The first-order valence-electron chi connectivity index (χ1n) is 6.74. The lowest BCUT2D eigenvalue weighted by atomic mass is 10.0. The Morgan fingerprint density at radius 3 is 2.75 bits per heavy atom. The smallest absolute Gasteiger partial charge is 0.255 e. The molecule has 2 N–H and O–H groups in total. The highest BCUT2D eigenvalue weighted by Crippen LogP contribution is 2.48. The van der Waals surface area contributed by atoms with Gasteiger partial charge in [-0.05, 0) is 42.9 Å². The van der Waals surface area contributed by atoms with Crippen LogP contribution in [0.3, 0.4) is 0 Å². The van der Waals surface area contributed by atoms with Crippen LogP contribution in [-0.2, 0) is 4.74 Å². The molecule has 1 aromatic rings. The highest BCUT2D eigenvalue weighted by Gasteiger charge is 2.42. The summed E-state index contributed by atoms with van der Waals surface area (Å²) in [6.07, 6.45) is 3.18. The van der Waals surface area contributed by atoms with Crippen molar-refractivity contribution in [2.75, 3.05) is 27.4 Å². The van der Waals surface area contributed by atoms with Gasteiger partial charge in [-0.25, -0.2) is 0 Å². The number of ether oxygens (including phenoxy) is 2. The van der Waals surface area contributed by atoms with Gasteiger partial charge in [0.15, 0.2) is 0 Å². The quantitative estimate of drug-likeness (QED) is 0.800. The van der Waals surface area contributed by atoms with E-state index < -0.39 is 0 Å². The van der Waals surface area contributed by atoms with Gasteiger partial charge in [-0.3, -0.25) is 4.79 Å². The Balaban J connectivity index is 1.95. The molecule has 0 radical (unpaired) electrons. The zero-order valence-electron chi connectivity index (χ0n) is 11.9. The van der Waals surface area contributed by atoms with Crippen molar-refractivity contribution in [2.24, 2.45) is 5.41 Å². The summed E-state index contributed by atoms with van der Waals surface area (Å²) in [6, 6.07) is 4.62. The number of nitrogens with one attached hydrogen (secondary N) is 1. The minimum atomic E-state index is -0.273. The number of phenols is 1. The van der Waals surface area contributed by atoms with E-state index in [1.165, 1.54) is 13.2 Å². The molecule has 0 spiro atoms. The molecule has 2 rings (SSSR count). The summed E-state index contributed by atoms with van der Waals surface area (Å²) >= 11 is 0. The lowest BCUT2D eigenvalue weighted by Gasteiger charge is -2.16. The third kappa shape index (κ3) is 3.42. The summed E-state index contributed by atoms with van der Waals surface area (Å²) in [5.74, 6) is 0.239. The van der Waals surface area contributed by atoms with Crippen LogP contribution in [0.4, 0.5) is 0 Å². The van der Waals surface area contributed by atoms with E-state index in [0.29, 0.717) is 18.9 Å². The van der Waals surface area contributed by atoms with Gasteiger partial charge in [-0.15, -0.1) is 0 Å². The Morgan fingerprint density at radius 1 is 1.40 bits per heavy atom. The maximum Gasteiger partial charge on any atom is 0.255 e. The van der Waals surface area contributed by atoms with Crippen molar-refractivity contribution in [3.8, 4) is 11.5 Å². The van der Waals surface area contributed by atoms with E-state index in [2.05, 4.69) is 5.32 Å². The second-order valence-corrected chi connectivity index (χ2v) is 5.31. The van der Waals surface area contributed by atoms with E-state index >= 15 is 0 Å². The van der Waals surface area contributed by atoms with Crippen LogP contribution < -0.4 is 10.1 Å². The van der Waals surface area contributed by atoms with Crippen LogP contribution in [0.15, 0.2) is 18.2 Å². The molecule has 0 aromatic heterocycles. The van der Waals surface area contributed by atoms with Crippen LogP contribution >= 0.6 is 0 Å². The number of carbonyl (C=O) groups is 1. The fourth-order valence-electron chi connectivity index (χ4n) is 2.20. The predicted octanol–water partition coefficient (Wildman–Crippen LogP) is 1.95. The SMILES string of the molecule is COCCC1(CNC(=O)c2cc(OC)ccc2O)CC1. The topological polar surface area (TPSA) is 67.8 Å². The Kier molecular flexibility index (Phi) is 4.49. The second-order valence-electron chi connectivity index (χ2n) is 5.31. The van der Waals surface area contributed by atoms with Gasteiger partial charge >= 0.3 is 0 Å². The zero-order chi connectivity index (χ0) is 14.6. The van der Waals surface area contributed by atoms with E-state index in [1.807, 2.05) is 0 Å². The van der Waals surface area contributed by atoms with E-state index in [-0.39, 0.29) is 22.6 Å². The maximum absolute atomic E-state index is 12.1. The summed E-state index contributed by atoms with van der Waals surface area (Å²) in [7, 11) is 3.21. The minimum Gasteiger partial charge on any atom is -0.507 e. The molecule has 5 nitrogen and oxygen atoms in total. The normalized spacial score (nSPS) is 15.7. The number of benzene rings is 1. The number of carbonyl (C=O) groups excluding carboxylic acids is 1. The summed E-state index contributed by atoms with van der Waals surface area (Å²) in [5.41, 5.74) is 0.423. The van der Waals surface area contributed by atoms with Gasteiger partial charge in [0.1, 0.15) is 11.5 Å². The van der Waals surface area contributed by atoms with Crippen LogP contribution in [0.5, 0.6) is 11.5 Å². The molecule has 1 fully saturated rings. The molecular formula is C15H21NO4. The fraction of sp³-hybridized carbons (Fsp3) is 0.533. The molecular weight excluding hydrogens is 258 g/mol.